The van der Waals surface area contributed by atoms with Gasteiger partial charge < -0.3 is 24.8 Å². The van der Waals surface area contributed by atoms with Crippen LogP contribution in [0.15, 0.2) is 43.2 Å². The molecule has 0 bridgehead atoms. The first kappa shape index (κ1) is 35.0. The summed E-state index contributed by atoms with van der Waals surface area (Å²) in [5.41, 5.74) is 3.35. The lowest BCUT2D eigenvalue weighted by molar-refractivity contribution is -0.126. The molecule has 0 saturated carbocycles. The van der Waals surface area contributed by atoms with Crippen molar-refractivity contribution in [2.45, 2.75) is 70.2 Å². The highest BCUT2D eigenvalue weighted by Crippen LogP contribution is 2.44. The predicted octanol–water partition coefficient (Wildman–Crippen LogP) is 5.57. The van der Waals surface area contributed by atoms with Crippen LogP contribution < -0.4 is 15.1 Å². The maximum Gasteiger partial charge on any atom is 0.246 e. The first-order chi connectivity index (χ1) is 23.5. The number of piperidine rings is 2. The number of nitrogens with zero attached hydrogens (tertiary/aromatic N) is 6. The Hall–Kier alpha value is -3.84. The van der Waals surface area contributed by atoms with Crippen LogP contribution in [0.2, 0.25) is 0 Å². The molecule has 3 fully saturated rings. The van der Waals surface area contributed by atoms with Crippen LogP contribution in [0.4, 0.5) is 27.7 Å². The van der Waals surface area contributed by atoms with Crippen molar-refractivity contribution in [3.8, 4) is 0 Å². The van der Waals surface area contributed by atoms with E-state index in [1.807, 2.05) is 16.0 Å². The van der Waals surface area contributed by atoms with Gasteiger partial charge in [-0.1, -0.05) is 20.4 Å². The van der Waals surface area contributed by atoms with Crippen LogP contribution in [-0.4, -0.2) is 98.3 Å². The number of carbonyl (C=O) groups is 1. The number of nitrogens with one attached hydrogen (secondary N) is 1. The molecule has 264 valence electrons. The highest BCUT2D eigenvalue weighted by Gasteiger charge is 2.34. The van der Waals surface area contributed by atoms with Gasteiger partial charge in [-0.05, 0) is 84.7 Å². The number of alkyl halides is 1. The quantitative estimate of drug-likeness (QED) is 0.270. The summed E-state index contributed by atoms with van der Waals surface area (Å²) in [7, 11) is -1.51. The molecule has 1 N–H and O–H groups in total. The van der Waals surface area contributed by atoms with Crippen molar-refractivity contribution in [2.75, 3.05) is 67.0 Å². The van der Waals surface area contributed by atoms with Crippen molar-refractivity contribution in [2.24, 2.45) is 5.92 Å². The molecule has 3 atom stereocenters. The van der Waals surface area contributed by atoms with E-state index < -0.39 is 22.1 Å². The molecular formula is C36H48FN7O4S. The van der Waals surface area contributed by atoms with E-state index in [1.165, 1.54) is 25.0 Å². The first-order valence-electron chi connectivity index (χ1n) is 17.3. The Morgan fingerprint density at radius 3 is 2.51 bits per heavy atom. The van der Waals surface area contributed by atoms with Crippen LogP contribution in [-0.2, 0) is 19.4 Å². The molecule has 13 heteroatoms. The van der Waals surface area contributed by atoms with Crippen LogP contribution in [0.25, 0.3) is 10.8 Å². The molecule has 0 aliphatic carbocycles. The highest BCUT2D eigenvalue weighted by molar-refractivity contribution is 7.90. The third kappa shape index (κ3) is 7.67. The summed E-state index contributed by atoms with van der Waals surface area (Å²) in [6.45, 7) is 11.0. The summed E-state index contributed by atoms with van der Waals surface area (Å²) >= 11 is 0. The predicted molar refractivity (Wildman–Crippen MR) is 192 cm³/mol. The molecule has 11 nitrogen and oxygen atoms in total. The molecule has 6 rings (SSSR count). The van der Waals surface area contributed by atoms with E-state index in [-0.39, 0.29) is 36.1 Å². The lowest BCUT2D eigenvalue weighted by Gasteiger charge is -2.36. The summed E-state index contributed by atoms with van der Waals surface area (Å²) in [4.78, 5) is 33.1. The van der Waals surface area contributed by atoms with Gasteiger partial charge in [-0.3, -0.25) is 4.79 Å². The van der Waals surface area contributed by atoms with E-state index in [0.717, 1.165) is 60.8 Å². The Kier molecular flexibility index (Phi) is 10.4. The smallest absolute Gasteiger partial charge is 0.246 e. The maximum atomic E-state index is 14.7. The van der Waals surface area contributed by atoms with E-state index in [1.54, 1.807) is 12.3 Å². The second-order valence-electron chi connectivity index (χ2n) is 14.0. The van der Waals surface area contributed by atoms with Gasteiger partial charge in [0, 0.05) is 63.0 Å². The number of rotatable bonds is 10. The number of amides is 1. The van der Waals surface area contributed by atoms with E-state index in [2.05, 4.69) is 47.8 Å². The topological polar surface area (TPSA) is 121 Å². The van der Waals surface area contributed by atoms with Gasteiger partial charge in [0.2, 0.25) is 11.9 Å². The summed E-state index contributed by atoms with van der Waals surface area (Å²) in [5, 5.41) is 5.43. The molecular weight excluding hydrogens is 646 g/mol. The molecule has 5 heterocycles. The third-order valence-electron chi connectivity index (χ3n) is 10.2. The zero-order valence-corrected chi connectivity index (χ0v) is 29.8. The average Bonchev–Trinajstić information content (AvgIpc) is 3.57. The summed E-state index contributed by atoms with van der Waals surface area (Å²) in [5.74, 6) is 2.04. The van der Waals surface area contributed by atoms with Gasteiger partial charge in [-0.25, -0.2) is 22.8 Å². The number of aromatic nitrogens is 3. The minimum atomic E-state index is -3.05. The van der Waals surface area contributed by atoms with Crippen molar-refractivity contribution < 1.29 is 22.3 Å². The van der Waals surface area contributed by atoms with Gasteiger partial charge in [-0.2, -0.15) is 4.98 Å². The van der Waals surface area contributed by atoms with Crippen molar-refractivity contribution in [3.05, 3.63) is 54.4 Å². The van der Waals surface area contributed by atoms with Gasteiger partial charge in [0.05, 0.1) is 24.4 Å². The number of hydrogen-bond acceptors (Lipinski definition) is 10. The first-order valence-corrected chi connectivity index (χ1v) is 19.4. The standard InChI is InChI=1S/C36H48FN7O4S/c1-6-34(45)44-14-7-8-29(44)26-18-30(42-15-10-24(11-16-42)22-49(5,46)47)27-20-39-33(19-25(27)35(26)23(2)3)40-32-9-13-38-36(41-32)43-17-12-31(48-4)28(37)21-43/h6,9,13,18-20,23-24,28-29,31H,1,7-8,10-12,14-17,21-22H2,2-5H3,(H,38,39,40,41)/t28-,29+,31+/m0/s1. The summed E-state index contributed by atoms with van der Waals surface area (Å²) in [6.07, 6.45) is 8.64. The zero-order valence-electron chi connectivity index (χ0n) is 28.9. The van der Waals surface area contributed by atoms with Gasteiger partial charge in [0.1, 0.15) is 27.6 Å². The lowest BCUT2D eigenvalue weighted by atomic mass is 9.86. The molecule has 3 saturated heterocycles. The SMILES string of the molecule is C=CC(=O)N1CCC[C@@H]1c1cc(N2CCC(CS(C)(=O)=O)CC2)c2cnc(Nc3ccnc(N4CC[C@@H](OC)[C@@H](F)C4)n3)cc2c1C(C)C. The Morgan fingerprint density at radius 1 is 1.08 bits per heavy atom. The fourth-order valence-corrected chi connectivity index (χ4v) is 9.05. The Balaban J connectivity index is 1.38. The number of methoxy groups -OCH3 is 1. The minimum Gasteiger partial charge on any atom is -0.378 e. The minimum absolute atomic E-state index is 0.0670. The molecule has 1 aromatic carbocycles. The fraction of sp³-hybridized carbons (Fsp3) is 0.556. The molecule has 49 heavy (non-hydrogen) atoms. The van der Waals surface area contributed by atoms with Crippen molar-refractivity contribution in [1.82, 2.24) is 19.9 Å². The molecule has 2 aromatic heterocycles. The number of anilines is 4. The number of halogens is 1. The largest absolute Gasteiger partial charge is 0.378 e. The molecule has 0 radical (unpaired) electrons. The second kappa shape index (κ2) is 14.6. The van der Waals surface area contributed by atoms with Gasteiger partial charge in [0.15, 0.2) is 0 Å². The third-order valence-corrected chi connectivity index (χ3v) is 11.3. The second-order valence-corrected chi connectivity index (χ2v) is 16.2. The van der Waals surface area contributed by atoms with E-state index in [4.69, 9.17) is 14.7 Å². The molecule has 1 amide bonds. The zero-order chi connectivity index (χ0) is 34.9. The van der Waals surface area contributed by atoms with Gasteiger partial charge in [0.25, 0.3) is 0 Å². The Bertz CT molecular complexity index is 1800. The van der Waals surface area contributed by atoms with E-state index in [0.29, 0.717) is 37.1 Å². The Labute approximate surface area is 288 Å². The highest BCUT2D eigenvalue weighted by atomic mass is 32.2. The number of likely N-dealkylation sites (tertiary alicyclic amines) is 1. The van der Waals surface area contributed by atoms with E-state index in [9.17, 15) is 17.6 Å². The maximum absolute atomic E-state index is 14.7. The summed E-state index contributed by atoms with van der Waals surface area (Å²) in [6, 6.07) is 6.01. The van der Waals surface area contributed by atoms with Crippen LogP contribution in [0.3, 0.4) is 0 Å². The normalized spacial score (nSPS) is 22.2. The monoisotopic (exact) mass is 693 g/mol. The fourth-order valence-electron chi connectivity index (χ4n) is 7.86. The number of ether oxygens (including phenoxy) is 1. The van der Waals surface area contributed by atoms with Crippen LogP contribution in [0, 0.1) is 5.92 Å². The molecule has 3 aliphatic rings. The molecule has 3 aliphatic heterocycles. The molecule has 0 spiro atoms. The van der Waals surface area contributed by atoms with Gasteiger partial charge in [-0.15, -0.1) is 0 Å². The number of hydrogen-bond donors (Lipinski definition) is 1. The molecule has 3 aromatic rings. The summed E-state index contributed by atoms with van der Waals surface area (Å²) < 4.78 is 44.0. The lowest BCUT2D eigenvalue weighted by Crippen LogP contribution is -2.46. The van der Waals surface area contributed by atoms with Crippen LogP contribution >= 0.6 is 0 Å². The average molecular weight is 694 g/mol. The number of carbonyl (C=O) groups excluding carboxylic acids is 1. The number of pyridine rings is 1. The van der Waals surface area contributed by atoms with Gasteiger partial charge >= 0.3 is 0 Å². The van der Waals surface area contributed by atoms with Crippen molar-refractivity contribution in [3.63, 3.8) is 0 Å². The Morgan fingerprint density at radius 2 is 1.84 bits per heavy atom. The van der Waals surface area contributed by atoms with Crippen LogP contribution in [0.5, 0.6) is 0 Å². The van der Waals surface area contributed by atoms with Crippen LogP contribution in [0.1, 0.15) is 69.0 Å². The number of sulfone groups is 1. The number of benzene rings is 1. The van der Waals surface area contributed by atoms with Crippen molar-refractivity contribution >= 4 is 49.8 Å². The molecule has 0 unspecified atom stereocenters. The number of fused-ring (bicyclic) bond motifs is 1. The van der Waals surface area contributed by atoms with Crippen molar-refractivity contribution in [1.29, 1.82) is 0 Å². The van der Waals surface area contributed by atoms with E-state index >= 15 is 0 Å².